The van der Waals surface area contributed by atoms with Crippen LogP contribution in [-0.4, -0.2) is 36.3 Å². The number of phenolic OH excluding ortho intramolecular Hbond substituents is 1. The van der Waals surface area contributed by atoms with Crippen LogP contribution in [0.4, 0.5) is 4.79 Å². The van der Waals surface area contributed by atoms with Crippen LogP contribution in [-0.2, 0) is 16.0 Å². The second-order valence-corrected chi connectivity index (χ2v) is 4.16. The van der Waals surface area contributed by atoms with Gasteiger partial charge in [-0.1, -0.05) is 12.1 Å². The topological polar surface area (TPSA) is 111 Å². The van der Waals surface area contributed by atoms with E-state index in [-0.39, 0.29) is 25.3 Å². The molecule has 0 saturated heterocycles. The van der Waals surface area contributed by atoms with E-state index in [1.807, 2.05) is 0 Å². The fraction of sp³-hybridized carbons (Fsp3) is 0.357. The Morgan fingerprint density at radius 1 is 1.38 bits per heavy atom. The number of carbonyl (C=O) groups is 2. The van der Waals surface area contributed by atoms with E-state index in [4.69, 9.17) is 10.00 Å². The molecule has 1 unspecified atom stereocenters. The van der Waals surface area contributed by atoms with Gasteiger partial charge in [0.05, 0.1) is 12.7 Å². The first-order chi connectivity index (χ1) is 10.1. The molecule has 1 atom stereocenters. The van der Waals surface area contributed by atoms with E-state index in [9.17, 15) is 14.7 Å². The number of nitriles is 1. The maximum absolute atomic E-state index is 11.9. The number of hydrogen-bond donors (Lipinski definition) is 3. The molecule has 0 fully saturated rings. The Balaban J connectivity index is 2.75. The molecule has 0 aliphatic rings. The quantitative estimate of drug-likeness (QED) is 0.668. The van der Waals surface area contributed by atoms with Crippen molar-refractivity contribution in [2.75, 3.05) is 13.2 Å². The number of nitrogens with zero attached hydrogens (tertiary/aromatic N) is 1. The van der Waals surface area contributed by atoms with E-state index in [1.54, 1.807) is 25.1 Å². The zero-order valence-electron chi connectivity index (χ0n) is 11.6. The SMILES string of the molecule is CCOC(=O)NC(Cc1ccc(O)cc1)C(=O)NCC#N. The number of hydrogen-bond acceptors (Lipinski definition) is 5. The Kier molecular flexibility index (Phi) is 6.54. The van der Waals surface area contributed by atoms with Gasteiger partial charge in [-0.2, -0.15) is 5.26 Å². The summed E-state index contributed by atoms with van der Waals surface area (Å²) in [7, 11) is 0. The van der Waals surface area contributed by atoms with E-state index in [1.165, 1.54) is 12.1 Å². The second kappa shape index (κ2) is 8.43. The molecule has 1 aromatic carbocycles. The predicted molar refractivity (Wildman–Crippen MR) is 74.4 cm³/mol. The van der Waals surface area contributed by atoms with E-state index in [0.29, 0.717) is 0 Å². The zero-order valence-corrected chi connectivity index (χ0v) is 11.6. The van der Waals surface area contributed by atoms with Crippen molar-refractivity contribution in [2.24, 2.45) is 0 Å². The molecule has 1 rings (SSSR count). The Morgan fingerprint density at radius 3 is 2.62 bits per heavy atom. The molecule has 112 valence electrons. The molecule has 0 radical (unpaired) electrons. The molecule has 1 aromatic rings. The van der Waals surface area contributed by atoms with Gasteiger partial charge in [-0.3, -0.25) is 4.79 Å². The maximum atomic E-state index is 11.9. The molecular formula is C14H17N3O4. The van der Waals surface area contributed by atoms with Gasteiger partial charge in [0.25, 0.3) is 0 Å². The summed E-state index contributed by atoms with van der Waals surface area (Å²) in [5.41, 5.74) is 0.752. The van der Waals surface area contributed by atoms with Gasteiger partial charge in [-0.15, -0.1) is 0 Å². The van der Waals surface area contributed by atoms with E-state index in [2.05, 4.69) is 10.6 Å². The van der Waals surface area contributed by atoms with Gasteiger partial charge in [0, 0.05) is 6.42 Å². The van der Waals surface area contributed by atoms with Crippen molar-refractivity contribution in [1.82, 2.24) is 10.6 Å². The third-order valence-electron chi connectivity index (χ3n) is 2.60. The number of ether oxygens (including phenoxy) is 1. The lowest BCUT2D eigenvalue weighted by molar-refractivity contribution is -0.122. The molecule has 3 N–H and O–H groups in total. The summed E-state index contributed by atoms with van der Waals surface area (Å²) in [6, 6.07) is 7.21. The van der Waals surface area contributed by atoms with Gasteiger partial charge >= 0.3 is 6.09 Å². The maximum Gasteiger partial charge on any atom is 0.407 e. The van der Waals surface area contributed by atoms with Gasteiger partial charge in [0.15, 0.2) is 0 Å². The summed E-state index contributed by atoms with van der Waals surface area (Å²) < 4.78 is 4.75. The summed E-state index contributed by atoms with van der Waals surface area (Å²) in [6.07, 6.45) is -0.482. The molecule has 0 heterocycles. The monoisotopic (exact) mass is 291 g/mol. The Morgan fingerprint density at radius 2 is 2.05 bits per heavy atom. The highest BCUT2D eigenvalue weighted by molar-refractivity contribution is 5.86. The van der Waals surface area contributed by atoms with Crippen molar-refractivity contribution in [1.29, 1.82) is 5.26 Å². The number of benzene rings is 1. The van der Waals surface area contributed by atoms with Gasteiger partial charge in [0.1, 0.15) is 18.3 Å². The molecular weight excluding hydrogens is 274 g/mol. The standard InChI is InChI=1S/C14H17N3O4/c1-2-21-14(20)17-12(13(19)16-8-7-15)9-10-3-5-11(18)6-4-10/h3-6,12,18H,2,8-9H2,1H3,(H,16,19)(H,17,20). The van der Waals surface area contributed by atoms with Crippen molar-refractivity contribution < 1.29 is 19.4 Å². The minimum atomic E-state index is -0.859. The molecule has 2 amide bonds. The van der Waals surface area contributed by atoms with Crippen LogP contribution in [0, 0.1) is 11.3 Å². The van der Waals surface area contributed by atoms with Gasteiger partial charge in [0.2, 0.25) is 5.91 Å². The van der Waals surface area contributed by atoms with Crippen molar-refractivity contribution in [3.05, 3.63) is 29.8 Å². The van der Waals surface area contributed by atoms with Gasteiger partial charge < -0.3 is 20.5 Å². The van der Waals surface area contributed by atoms with E-state index in [0.717, 1.165) is 5.56 Å². The predicted octanol–water partition coefficient (Wildman–Crippen LogP) is 0.689. The fourth-order valence-corrected chi connectivity index (χ4v) is 1.64. The molecule has 21 heavy (non-hydrogen) atoms. The van der Waals surface area contributed by atoms with Crippen LogP contribution in [0.2, 0.25) is 0 Å². The highest BCUT2D eigenvalue weighted by Crippen LogP contribution is 2.11. The molecule has 7 nitrogen and oxygen atoms in total. The Labute approximate surface area is 122 Å². The average molecular weight is 291 g/mol. The van der Waals surface area contributed by atoms with E-state index >= 15 is 0 Å². The lowest BCUT2D eigenvalue weighted by Gasteiger charge is -2.17. The number of aromatic hydroxyl groups is 1. The van der Waals surface area contributed by atoms with Crippen LogP contribution >= 0.6 is 0 Å². The van der Waals surface area contributed by atoms with Crippen molar-refractivity contribution in [2.45, 2.75) is 19.4 Å². The molecule has 0 spiro atoms. The first kappa shape index (κ1) is 16.3. The first-order valence-electron chi connectivity index (χ1n) is 6.42. The largest absolute Gasteiger partial charge is 0.508 e. The first-order valence-corrected chi connectivity index (χ1v) is 6.42. The smallest absolute Gasteiger partial charge is 0.407 e. The number of carbonyl (C=O) groups excluding carboxylic acids is 2. The highest BCUT2D eigenvalue weighted by Gasteiger charge is 2.21. The zero-order chi connectivity index (χ0) is 15.7. The molecule has 0 aromatic heterocycles. The number of nitrogens with one attached hydrogen (secondary N) is 2. The van der Waals surface area contributed by atoms with Gasteiger partial charge in [-0.25, -0.2) is 4.79 Å². The molecule has 7 heteroatoms. The summed E-state index contributed by atoms with van der Waals surface area (Å²) in [5, 5.41) is 22.5. The van der Waals surface area contributed by atoms with Crippen LogP contribution in [0.3, 0.4) is 0 Å². The lowest BCUT2D eigenvalue weighted by atomic mass is 10.1. The lowest BCUT2D eigenvalue weighted by Crippen LogP contribution is -2.48. The van der Waals surface area contributed by atoms with Crippen molar-refractivity contribution in [3.8, 4) is 11.8 Å². The average Bonchev–Trinajstić information content (AvgIpc) is 2.46. The summed E-state index contributed by atoms with van der Waals surface area (Å²) in [6.45, 7) is 1.71. The van der Waals surface area contributed by atoms with Crippen LogP contribution < -0.4 is 10.6 Å². The Hall–Kier alpha value is -2.75. The summed E-state index contributed by atoms with van der Waals surface area (Å²) in [5.74, 6) is -0.361. The summed E-state index contributed by atoms with van der Waals surface area (Å²) >= 11 is 0. The second-order valence-electron chi connectivity index (χ2n) is 4.16. The fourth-order valence-electron chi connectivity index (χ4n) is 1.64. The minimum Gasteiger partial charge on any atom is -0.508 e. The third kappa shape index (κ3) is 5.82. The number of phenols is 1. The highest BCUT2D eigenvalue weighted by atomic mass is 16.5. The number of alkyl carbamates (subject to hydrolysis) is 1. The molecule has 0 bridgehead atoms. The summed E-state index contributed by atoms with van der Waals surface area (Å²) in [4.78, 5) is 23.4. The minimum absolute atomic E-state index is 0.114. The van der Waals surface area contributed by atoms with Crippen LogP contribution in [0.1, 0.15) is 12.5 Å². The van der Waals surface area contributed by atoms with Crippen LogP contribution in [0.25, 0.3) is 0 Å². The third-order valence-corrected chi connectivity index (χ3v) is 2.60. The van der Waals surface area contributed by atoms with Crippen molar-refractivity contribution >= 4 is 12.0 Å². The van der Waals surface area contributed by atoms with Crippen molar-refractivity contribution in [3.63, 3.8) is 0 Å². The van der Waals surface area contributed by atoms with Crippen LogP contribution in [0.15, 0.2) is 24.3 Å². The molecule has 0 aliphatic heterocycles. The number of rotatable bonds is 6. The Bertz CT molecular complexity index is 522. The number of amides is 2. The molecule has 0 aliphatic carbocycles. The normalized spacial score (nSPS) is 11.0. The molecule has 0 saturated carbocycles. The van der Waals surface area contributed by atoms with E-state index < -0.39 is 18.0 Å². The van der Waals surface area contributed by atoms with Gasteiger partial charge in [-0.05, 0) is 24.6 Å². The van der Waals surface area contributed by atoms with Crippen LogP contribution in [0.5, 0.6) is 5.75 Å².